The molecule has 210 valence electrons. The summed E-state index contributed by atoms with van der Waals surface area (Å²) in [5, 5.41) is 20.8. The molecule has 2 rings (SSSR count). The lowest BCUT2D eigenvalue weighted by molar-refractivity contribution is -0.142. The summed E-state index contributed by atoms with van der Waals surface area (Å²) >= 11 is 1.49. The van der Waals surface area contributed by atoms with Gasteiger partial charge in [-0.25, -0.2) is 4.79 Å². The molecule has 0 spiro atoms. The Hall–Kier alpha value is -3.32. The zero-order chi connectivity index (χ0) is 27.9. The first-order chi connectivity index (χ1) is 18.2. The molecule has 0 aromatic heterocycles. The maximum absolute atomic E-state index is 13.4. The number of rotatable bonds is 16. The van der Waals surface area contributed by atoms with Crippen LogP contribution < -0.4 is 32.7 Å². The van der Waals surface area contributed by atoms with E-state index in [1.165, 1.54) is 11.8 Å². The predicted molar refractivity (Wildman–Crippen MR) is 148 cm³/mol. The highest BCUT2D eigenvalue weighted by molar-refractivity contribution is 7.98. The second-order valence-electron chi connectivity index (χ2n) is 9.09. The maximum Gasteiger partial charge on any atom is 0.326 e. The van der Waals surface area contributed by atoms with Crippen molar-refractivity contribution >= 4 is 41.4 Å². The van der Waals surface area contributed by atoms with Crippen LogP contribution in [0.1, 0.15) is 37.7 Å². The molecule has 12 nitrogen and oxygen atoms in total. The lowest BCUT2D eigenvalue weighted by atomic mass is 10.0. The summed E-state index contributed by atoms with van der Waals surface area (Å²) in [5.74, 6) is -2.12. The smallest absolute Gasteiger partial charge is 0.326 e. The highest BCUT2D eigenvalue weighted by atomic mass is 32.2. The van der Waals surface area contributed by atoms with E-state index in [9.17, 15) is 24.3 Å². The van der Waals surface area contributed by atoms with Crippen LogP contribution in [0.4, 0.5) is 0 Å². The number of benzene rings is 1. The molecule has 1 saturated heterocycles. The molecule has 1 aromatic carbocycles. The van der Waals surface area contributed by atoms with Crippen LogP contribution in [0.3, 0.4) is 0 Å². The number of hydrogen-bond donors (Lipinski definition) is 7. The number of thioether (sulfide) groups is 1. The van der Waals surface area contributed by atoms with Crippen molar-refractivity contribution in [2.24, 2.45) is 16.5 Å². The second-order valence-corrected chi connectivity index (χ2v) is 10.1. The third-order valence-corrected chi connectivity index (χ3v) is 6.74. The van der Waals surface area contributed by atoms with E-state index in [4.69, 9.17) is 11.5 Å². The number of guanidine groups is 1. The maximum atomic E-state index is 13.4. The Morgan fingerprint density at radius 2 is 1.74 bits per heavy atom. The zero-order valence-corrected chi connectivity index (χ0v) is 22.5. The van der Waals surface area contributed by atoms with Gasteiger partial charge in [0.05, 0.1) is 6.04 Å². The fourth-order valence-corrected chi connectivity index (χ4v) is 4.52. The van der Waals surface area contributed by atoms with E-state index in [1.807, 2.05) is 36.6 Å². The van der Waals surface area contributed by atoms with Crippen LogP contribution in [0.2, 0.25) is 0 Å². The number of nitrogens with one attached hydrogen (secondary N) is 4. The van der Waals surface area contributed by atoms with Gasteiger partial charge in [0.2, 0.25) is 17.7 Å². The molecule has 1 heterocycles. The third kappa shape index (κ3) is 11.0. The Morgan fingerprint density at radius 1 is 1.05 bits per heavy atom. The van der Waals surface area contributed by atoms with Crippen LogP contribution in [-0.4, -0.2) is 84.0 Å². The van der Waals surface area contributed by atoms with Crippen molar-refractivity contribution in [1.82, 2.24) is 21.3 Å². The van der Waals surface area contributed by atoms with Gasteiger partial charge in [0, 0.05) is 13.0 Å². The fraction of sp³-hybridized carbons (Fsp3) is 0.560. The summed E-state index contributed by atoms with van der Waals surface area (Å²) in [6, 6.07) is 5.85. The zero-order valence-electron chi connectivity index (χ0n) is 21.7. The van der Waals surface area contributed by atoms with Gasteiger partial charge in [-0.3, -0.25) is 19.4 Å². The fourth-order valence-electron chi connectivity index (χ4n) is 4.05. The number of carbonyl (C=O) groups excluding carboxylic acids is 3. The monoisotopic (exact) mass is 549 g/mol. The minimum atomic E-state index is -1.20. The van der Waals surface area contributed by atoms with Gasteiger partial charge in [0.15, 0.2) is 5.96 Å². The first-order valence-corrected chi connectivity index (χ1v) is 14.1. The normalized spacial score (nSPS) is 17.0. The average molecular weight is 550 g/mol. The van der Waals surface area contributed by atoms with Gasteiger partial charge in [-0.15, -0.1) is 0 Å². The largest absolute Gasteiger partial charge is 0.480 e. The Bertz CT molecular complexity index is 953. The molecule has 1 aliphatic heterocycles. The van der Waals surface area contributed by atoms with E-state index in [0.717, 1.165) is 18.5 Å². The first-order valence-electron chi connectivity index (χ1n) is 12.7. The van der Waals surface area contributed by atoms with Gasteiger partial charge in [0.1, 0.15) is 18.1 Å². The number of aliphatic carboxylic acids is 1. The molecule has 4 atom stereocenters. The number of aliphatic imine (C=N–C) groups is 1. The van der Waals surface area contributed by atoms with Crippen LogP contribution in [0.25, 0.3) is 0 Å². The molecule has 0 aliphatic carbocycles. The molecule has 0 saturated carbocycles. The summed E-state index contributed by atoms with van der Waals surface area (Å²) in [4.78, 5) is 54.8. The molecular formula is C25H39N7O5S. The van der Waals surface area contributed by atoms with Crippen molar-refractivity contribution in [2.75, 3.05) is 25.1 Å². The highest BCUT2D eigenvalue weighted by Crippen LogP contribution is 2.10. The lowest BCUT2D eigenvalue weighted by Gasteiger charge is -2.25. The van der Waals surface area contributed by atoms with Crippen LogP contribution in [0, 0.1) is 0 Å². The Morgan fingerprint density at radius 3 is 2.34 bits per heavy atom. The minimum absolute atomic E-state index is 0.0957. The summed E-state index contributed by atoms with van der Waals surface area (Å²) in [5.41, 5.74) is 11.4. The summed E-state index contributed by atoms with van der Waals surface area (Å²) in [6.07, 6.45) is 4.41. The van der Waals surface area contributed by atoms with Crippen LogP contribution in [0.5, 0.6) is 0 Å². The van der Waals surface area contributed by atoms with Crippen molar-refractivity contribution in [3.8, 4) is 0 Å². The number of hydrogen-bond acceptors (Lipinski definition) is 7. The summed E-state index contributed by atoms with van der Waals surface area (Å²) in [6.45, 7) is 0.965. The quantitative estimate of drug-likeness (QED) is 0.0793. The van der Waals surface area contributed by atoms with Gasteiger partial charge >= 0.3 is 5.97 Å². The van der Waals surface area contributed by atoms with Crippen molar-refractivity contribution in [3.63, 3.8) is 0 Å². The molecule has 1 fully saturated rings. The summed E-state index contributed by atoms with van der Waals surface area (Å²) < 4.78 is 0. The molecule has 9 N–H and O–H groups in total. The molecule has 3 amide bonds. The van der Waals surface area contributed by atoms with E-state index < -0.39 is 35.9 Å². The Labute approximate surface area is 227 Å². The lowest BCUT2D eigenvalue weighted by Crippen LogP contribution is -2.57. The first kappa shape index (κ1) is 30.9. The second kappa shape index (κ2) is 16.5. The molecule has 0 radical (unpaired) electrons. The number of carboxylic acids is 1. The van der Waals surface area contributed by atoms with E-state index in [1.54, 1.807) is 0 Å². The minimum Gasteiger partial charge on any atom is -0.480 e. The molecule has 4 unspecified atom stereocenters. The SMILES string of the molecule is CSCCC(NC(=O)C(Cc1ccccc1)NC(=O)C1CCCN1)C(=O)NC(CCCN=C(N)N)C(=O)O. The van der Waals surface area contributed by atoms with Crippen LogP contribution in [-0.2, 0) is 25.6 Å². The standard InChI is InChI=1S/C25H39N7O5S/c1-38-14-11-18(22(34)31-19(24(36)37)10-6-13-29-25(26)27)30-23(35)20(15-16-7-3-2-4-8-16)32-21(33)17-9-5-12-28-17/h2-4,7-8,17-20,28H,5-6,9-15H2,1H3,(H,30,35)(H,31,34)(H,32,33)(H,36,37)(H4,26,27,29). The molecule has 1 aromatic rings. The molecule has 13 heteroatoms. The highest BCUT2D eigenvalue weighted by Gasteiger charge is 2.31. The van der Waals surface area contributed by atoms with Crippen molar-refractivity contribution in [2.45, 2.75) is 62.7 Å². The number of amides is 3. The number of carbonyl (C=O) groups is 4. The summed E-state index contributed by atoms with van der Waals surface area (Å²) in [7, 11) is 0. The van der Waals surface area contributed by atoms with Crippen molar-refractivity contribution < 1.29 is 24.3 Å². The number of nitrogens with zero attached hydrogens (tertiary/aromatic N) is 1. The van der Waals surface area contributed by atoms with E-state index in [2.05, 4.69) is 26.3 Å². The van der Waals surface area contributed by atoms with Gasteiger partial charge < -0.3 is 37.8 Å². The third-order valence-electron chi connectivity index (χ3n) is 6.10. The van der Waals surface area contributed by atoms with Crippen LogP contribution in [0.15, 0.2) is 35.3 Å². The number of nitrogens with two attached hydrogens (primary N) is 2. The van der Waals surface area contributed by atoms with Gasteiger partial charge in [0.25, 0.3) is 0 Å². The number of carboxylic acid groups (broad SMARTS) is 1. The molecule has 1 aliphatic rings. The molecule has 38 heavy (non-hydrogen) atoms. The van der Waals surface area contributed by atoms with Crippen LogP contribution >= 0.6 is 11.8 Å². The predicted octanol–water partition coefficient (Wildman–Crippen LogP) is -0.673. The molecular weight excluding hydrogens is 510 g/mol. The Balaban J connectivity index is 2.11. The van der Waals surface area contributed by atoms with E-state index >= 15 is 0 Å². The van der Waals surface area contributed by atoms with Gasteiger partial charge in [-0.05, 0) is 56.2 Å². The van der Waals surface area contributed by atoms with Gasteiger partial charge in [-0.2, -0.15) is 11.8 Å². The Kier molecular flexibility index (Phi) is 13.4. The topological polar surface area (TPSA) is 201 Å². The molecule has 0 bridgehead atoms. The van der Waals surface area contributed by atoms with E-state index in [0.29, 0.717) is 18.6 Å². The van der Waals surface area contributed by atoms with E-state index in [-0.39, 0.29) is 43.7 Å². The van der Waals surface area contributed by atoms with Gasteiger partial charge in [-0.1, -0.05) is 30.3 Å². The van der Waals surface area contributed by atoms with Crippen molar-refractivity contribution in [3.05, 3.63) is 35.9 Å². The van der Waals surface area contributed by atoms with Crippen molar-refractivity contribution in [1.29, 1.82) is 0 Å². The average Bonchev–Trinajstić information content (AvgIpc) is 3.43.